The molecule has 1 atom stereocenters. The van der Waals surface area contributed by atoms with Crippen LogP contribution in [0, 0.1) is 6.92 Å². The molecule has 0 radical (unpaired) electrons. The summed E-state index contributed by atoms with van der Waals surface area (Å²) in [6.07, 6.45) is 1.66. The molecule has 92 valence electrons. The molecular formula is C13H18N2O2. The number of nitrogens with zero attached hydrogens (tertiary/aromatic N) is 2. The quantitative estimate of drug-likeness (QED) is 0.867. The molecule has 0 spiro atoms. The number of hydrogen-bond acceptors (Lipinski definition) is 3. The van der Waals surface area contributed by atoms with Crippen LogP contribution in [0.4, 0.5) is 0 Å². The maximum Gasteiger partial charge on any atom is 0.323 e. The number of aliphatic carboxylic acids is 1. The smallest absolute Gasteiger partial charge is 0.323 e. The Morgan fingerprint density at radius 2 is 2.35 bits per heavy atom. The standard InChI is InChI=1S/C13H18N2O2/c1-10-5-3-6-11(14-10)9-15-8-4-7-13(15,2)12(16)17/h3,5-6H,4,7-9H2,1-2H3,(H,16,17). The van der Waals surface area contributed by atoms with Gasteiger partial charge < -0.3 is 5.11 Å². The first-order valence-electron chi connectivity index (χ1n) is 5.93. The molecule has 1 fully saturated rings. The van der Waals surface area contributed by atoms with Crippen LogP contribution in [0.25, 0.3) is 0 Å². The summed E-state index contributed by atoms with van der Waals surface area (Å²) in [7, 11) is 0. The van der Waals surface area contributed by atoms with Crippen LogP contribution < -0.4 is 0 Å². The van der Waals surface area contributed by atoms with Crippen LogP contribution in [0.15, 0.2) is 18.2 Å². The third-order valence-corrected chi connectivity index (χ3v) is 3.55. The predicted molar refractivity (Wildman–Crippen MR) is 64.7 cm³/mol. The van der Waals surface area contributed by atoms with Gasteiger partial charge in [-0.1, -0.05) is 6.07 Å². The van der Waals surface area contributed by atoms with Crippen molar-refractivity contribution in [2.45, 2.75) is 38.8 Å². The lowest BCUT2D eigenvalue weighted by Crippen LogP contribution is -2.47. The molecule has 0 amide bonds. The summed E-state index contributed by atoms with van der Waals surface area (Å²) in [4.78, 5) is 17.8. The van der Waals surface area contributed by atoms with Crippen molar-refractivity contribution < 1.29 is 9.90 Å². The first-order chi connectivity index (χ1) is 8.02. The van der Waals surface area contributed by atoms with Gasteiger partial charge in [-0.25, -0.2) is 0 Å². The van der Waals surface area contributed by atoms with E-state index in [0.717, 1.165) is 24.4 Å². The van der Waals surface area contributed by atoms with Crippen LogP contribution >= 0.6 is 0 Å². The largest absolute Gasteiger partial charge is 0.480 e. The number of carbonyl (C=O) groups is 1. The molecule has 2 heterocycles. The Bertz CT molecular complexity index is 433. The van der Waals surface area contributed by atoms with Gasteiger partial charge in [0, 0.05) is 12.2 Å². The minimum atomic E-state index is -0.734. The summed E-state index contributed by atoms with van der Waals surface area (Å²) >= 11 is 0. The molecule has 2 rings (SSSR count). The summed E-state index contributed by atoms with van der Waals surface area (Å²) in [5, 5.41) is 9.31. The summed E-state index contributed by atoms with van der Waals surface area (Å²) in [6.45, 7) is 5.20. The minimum Gasteiger partial charge on any atom is -0.480 e. The van der Waals surface area contributed by atoms with Crippen molar-refractivity contribution in [2.24, 2.45) is 0 Å². The minimum absolute atomic E-state index is 0.616. The van der Waals surface area contributed by atoms with Gasteiger partial charge in [0.15, 0.2) is 0 Å². The highest BCUT2D eigenvalue weighted by Crippen LogP contribution is 2.30. The van der Waals surface area contributed by atoms with Crippen LogP contribution in [0.3, 0.4) is 0 Å². The van der Waals surface area contributed by atoms with Gasteiger partial charge in [-0.3, -0.25) is 14.7 Å². The van der Waals surface area contributed by atoms with E-state index in [4.69, 9.17) is 0 Å². The average Bonchev–Trinajstić information content (AvgIpc) is 2.62. The second-order valence-electron chi connectivity index (χ2n) is 4.87. The van der Waals surface area contributed by atoms with Crippen LogP contribution in [-0.2, 0) is 11.3 Å². The Kier molecular flexibility index (Phi) is 3.15. The SMILES string of the molecule is Cc1cccc(CN2CCCC2(C)C(=O)O)n1. The molecule has 1 aromatic heterocycles. The molecule has 0 aliphatic carbocycles. The molecule has 1 aliphatic rings. The number of carboxylic acid groups (broad SMARTS) is 1. The highest BCUT2D eigenvalue weighted by atomic mass is 16.4. The number of aromatic nitrogens is 1. The lowest BCUT2D eigenvalue weighted by Gasteiger charge is -2.30. The van der Waals surface area contributed by atoms with E-state index < -0.39 is 11.5 Å². The molecule has 4 nitrogen and oxygen atoms in total. The van der Waals surface area contributed by atoms with Gasteiger partial charge in [0.25, 0.3) is 0 Å². The molecule has 1 saturated heterocycles. The highest BCUT2D eigenvalue weighted by molar-refractivity contribution is 5.78. The van der Waals surface area contributed by atoms with Gasteiger partial charge in [0.1, 0.15) is 5.54 Å². The van der Waals surface area contributed by atoms with Crippen LogP contribution in [0.5, 0.6) is 0 Å². The lowest BCUT2D eigenvalue weighted by molar-refractivity contribution is -0.148. The molecule has 0 saturated carbocycles. The predicted octanol–water partition coefficient (Wildman–Crippen LogP) is 1.83. The maximum atomic E-state index is 11.3. The molecular weight excluding hydrogens is 216 g/mol. The summed E-state index contributed by atoms with van der Waals surface area (Å²) in [6, 6.07) is 5.86. The van der Waals surface area contributed by atoms with Gasteiger partial charge >= 0.3 is 5.97 Å². The molecule has 1 aliphatic heterocycles. The zero-order valence-corrected chi connectivity index (χ0v) is 10.3. The number of pyridine rings is 1. The van der Waals surface area contributed by atoms with E-state index in [1.165, 1.54) is 0 Å². The fourth-order valence-corrected chi connectivity index (χ4v) is 2.40. The van der Waals surface area contributed by atoms with Crippen molar-refractivity contribution >= 4 is 5.97 Å². The van der Waals surface area contributed by atoms with E-state index in [-0.39, 0.29) is 0 Å². The summed E-state index contributed by atoms with van der Waals surface area (Å²) in [5.41, 5.74) is 1.18. The topological polar surface area (TPSA) is 53.4 Å². The first-order valence-corrected chi connectivity index (χ1v) is 5.93. The Balaban J connectivity index is 2.16. The number of carboxylic acids is 1. The van der Waals surface area contributed by atoms with Crippen LogP contribution in [0.2, 0.25) is 0 Å². The Morgan fingerprint density at radius 3 is 3.00 bits per heavy atom. The number of aryl methyl sites for hydroxylation is 1. The third-order valence-electron chi connectivity index (χ3n) is 3.55. The van der Waals surface area contributed by atoms with Crippen molar-refractivity contribution in [3.8, 4) is 0 Å². The van der Waals surface area contributed by atoms with E-state index in [2.05, 4.69) is 4.98 Å². The van der Waals surface area contributed by atoms with E-state index in [0.29, 0.717) is 13.0 Å². The molecule has 0 aromatic carbocycles. The van der Waals surface area contributed by atoms with Gasteiger partial charge in [0.2, 0.25) is 0 Å². The number of hydrogen-bond donors (Lipinski definition) is 1. The Labute approximate surface area is 101 Å². The summed E-state index contributed by atoms with van der Waals surface area (Å²) < 4.78 is 0. The van der Waals surface area contributed by atoms with E-state index >= 15 is 0 Å². The fourth-order valence-electron chi connectivity index (χ4n) is 2.40. The molecule has 1 aromatic rings. The normalized spacial score (nSPS) is 25.1. The lowest BCUT2D eigenvalue weighted by atomic mass is 9.99. The number of likely N-dealkylation sites (tertiary alicyclic amines) is 1. The second-order valence-corrected chi connectivity index (χ2v) is 4.87. The van der Waals surface area contributed by atoms with Crippen molar-refractivity contribution in [1.29, 1.82) is 0 Å². The van der Waals surface area contributed by atoms with Crippen LogP contribution in [0.1, 0.15) is 31.2 Å². The molecule has 0 bridgehead atoms. The Hall–Kier alpha value is -1.42. The van der Waals surface area contributed by atoms with Crippen molar-refractivity contribution in [3.05, 3.63) is 29.6 Å². The van der Waals surface area contributed by atoms with Gasteiger partial charge in [-0.05, 0) is 45.4 Å². The van der Waals surface area contributed by atoms with E-state index in [1.807, 2.05) is 30.0 Å². The molecule has 17 heavy (non-hydrogen) atoms. The van der Waals surface area contributed by atoms with E-state index in [9.17, 15) is 9.90 Å². The van der Waals surface area contributed by atoms with Gasteiger partial charge in [-0.2, -0.15) is 0 Å². The maximum absolute atomic E-state index is 11.3. The third kappa shape index (κ3) is 2.31. The average molecular weight is 234 g/mol. The molecule has 4 heteroatoms. The zero-order valence-electron chi connectivity index (χ0n) is 10.3. The Morgan fingerprint density at radius 1 is 1.59 bits per heavy atom. The van der Waals surface area contributed by atoms with E-state index in [1.54, 1.807) is 6.92 Å². The molecule has 1 unspecified atom stereocenters. The van der Waals surface area contributed by atoms with Crippen molar-refractivity contribution in [1.82, 2.24) is 9.88 Å². The summed E-state index contributed by atoms with van der Waals surface area (Å²) in [5.74, 6) is -0.734. The van der Waals surface area contributed by atoms with Gasteiger partial charge in [0.05, 0.1) is 5.69 Å². The first kappa shape index (κ1) is 12.0. The van der Waals surface area contributed by atoms with Crippen LogP contribution in [-0.4, -0.2) is 33.0 Å². The number of rotatable bonds is 3. The van der Waals surface area contributed by atoms with Gasteiger partial charge in [-0.15, -0.1) is 0 Å². The van der Waals surface area contributed by atoms with Crippen molar-refractivity contribution in [3.63, 3.8) is 0 Å². The molecule has 1 N–H and O–H groups in total. The zero-order chi connectivity index (χ0) is 12.5. The highest BCUT2D eigenvalue weighted by Gasteiger charge is 2.43. The fraction of sp³-hybridized carbons (Fsp3) is 0.538. The monoisotopic (exact) mass is 234 g/mol. The van der Waals surface area contributed by atoms with Crippen molar-refractivity contribution in [2.75, 3.05) is 6.54 Å². The second kappa shape index (κ2) is 4.45.